The molecule has 1 fully saturated rings. The van der Waals surface area contributed by atoms with Crippen molar-refractivity contribution in [1.29, 1.82) is 0 Å². The first kappa shape index (κ1) is 23.5. The second-order valence-corrected chi connectivity index (χ2v) is 8.89. The van der Waals surface area contributed by atoms with Crippen LogP contribution in [0, 0.1) is 0 Å². The van der Waals surface area contributed by atoms with Crippen LogP contribution in [0.5, 0.6) is 0 Å². The number of carbonyl (C=O) groups is 3. The highest BCUT2D eigenvalue weighted by molar-refractivity contribution is 6.24. The number of anilines is 1. The third-order valence-corrected chi connectivity index (χ3v) is 6.47. The van der Waals surface area contributed by atoms with Crippen molar-refractivity contribution in [3.8, 4) is 0 Å². The Labute approximate surface area is 209 Å². The molecule has 0 spiro atoms. The van der Waals surface area contributed by atoms with Gasteiger partial charge in [-0.1, -0.05) is 48.5 Å². The van der Waals surface area contributed by atoms with Crippen molar-refractivity contribution >= 4 is 34.9 Å². The average molecular weight is 482 g/mol. The zero-order valence-corrected chi connectivity index (χ0v) is 20.1. The van der Waals surface area contributed by atoms with Gasteiger partial charge in [0.2, 0.25) is 11.8 Å². The van der Waals surface area contributed by atoms with E-state index in [0.717, 1.165) is 35.3 Å². The molecule has 7 heteroatoms. The number of benzene rings is 3. The first-order valence-corrected chi connectivity index (χ1v) is 12.2. The Bertz CT molecular complexity index is 1330. The predicted molar refractivity (Wildman–Crippen MR) is 138 cm³/mol. The Morgan fingerprint density at radius 2 is 1.81 bits per heavy atom. The Balaban J connectivity index is 1.48. The van der Waals surface area contributed by atoms with E-state index >= 15 is 0 Å². The molecule has 0 radical (unpaired) electrons. The maximum Gasteiger partial charge on any atom is 0.338 e. The van der Waals surface area contributed by atoms with Crippen LogP contribution in [0.2, 0.25) is 0 Å². The summed E-state index contributed by atoms with van der Waals surface area (Å²) in [4.78, 5) is 44.1. The highest BCUT2D eigenvalue weighted by Gasteiger charge is 2.36. The number of fused-ring (bicyclic) bond motifs is 1. The standard InChI is InChI=1S/C29H27N3O4/c1-2-36-29(35)21-12-15-23-24(17-21)31-28(34)26(23)27(20-7-4-3-5-8-20)30-22-13-10-19(11-14-22)18-32-16-6-9-25(32)33/h3-5,7-8,10-15,17,26H,2,6,9,16,18H2,1H3,(H,31,34). The summed E-state index contributed by atoms with van der Waals surface area (Å²) in [5, 5.41) is 2.91. The van der Waals surface area contributed by atoms with E-state index in [4.69, 9.17) is 9.73 Å². The average Bonchev–Trinajstić information content (AvgIpc) is 3.45. The van der Waals surface area contributed by atoms with Gasteiger partial charge in [0.05, 0.1) is 23.6 Å². The fraction of sp³-hybridized carbons (Fsp3) is 0.241. The van der Waals surface area contributed by atoms with Crippen LogP contribution in [-0.4, -0.2) is 41.5 Å². The number of hydrogen-bond donors (Lipinski definition) is 1. The van der Waals surface area contributed by atoms with Gasteiger partial charge in [0.1, 0.15) is 5.92 Å². The number of esters is 1. The predicted octanol–water partition coefficient (Wildman–Crippen LogP) is 4.84. The molecule has 36 heavy (non-hydrogen) atoms. The number of nitrogens with zero attached hydrogens (tertiary/aromatic N) is 2. The van der Waals surface area contributed by atoms with E-state index in [1.807, 2.05) is 59.5 Å². The van der Waals surface area contributed by atoms with Gasteiger partial charge in [0, 0.05) is 25.2 Å². The van der Waals surface area contributed by atoms with Crippen LogP contribution in [0.3, 0.4) is 0 Å². The molecule has 2 amide bonds. The van der Waals surface area contributed by atoms with E-state index in [2.05, 4.69) is 5.32 Å². The Morgan fingerprint density at radius 3 is 2.50 bits per heavy atom. The highest BCUT2D eigenvalue weighted by atomic mass is 16.5. The van der Waals surface area contributed by atoms with Gasteiger partial charge in [-0.2, -0.15) is 0 Å². The van der Waals surface area contributed by atoms with Gasteiger partial charge in [0.15, 0.2) is 0 Å². The minimum absolute atomic E-state index is 0.195. The maximum absolute atomic E-state index is 13.2. The summed E-state index contributed by atoms with van der Waals surface area (Å²) in [6, 6.07) is 22.5. The van der Waals surface area contributed by atoms with Crippen LogP contribution < -0.4 is 5.32 Å². The molecule has 2 aliphatic heterocycles. The van der Waals surface area contributed by atoms with Crippen LogP contribution in [0.1, 0.15) is 52.7 Å². The van der Waals surface area contributed by atoms with E-state index in [9.17, 15) is 14.4 Å². The van der Waals surface area contributed by atoms with Crippen molar-refractivity contribution in [3.63, 3.8) is 0 Å². The second kappa shape index (κ2) is 10.2. The molecule has 0 saturated carbocycles. The first-order chi connectivity index (χ1) is 17.5. The molecule has 1 saturated heterocycles. The molecule has 1 atom stereocenters. The molecule has 5 rings (SSSR count). The molecular formula is C29H27N3O4. The summed E-state index contributed by atoms with van der Waals surface area (Å²) in [6.45, 7) is 3.42. The lowest BCUT2D eigenvalue weighted by atomic mass is 9.90. The maximum atomic E-state index is 13.2. The number of nitrogens with one attached hydrogen (secondary N) is 1. The normalized spacial score (nSPS) is 17.2. The topological polar surface area (TPSA) is 88.1 Å². The van der Waals surface area contributed by atoms with Crippen molar-refractivity contribution in [1.82, 2.24) is 4.90 Å². The molecule has 3 aromatic carbocycles. The summed E-state index contributed by atoms with van der Waals surface area (Å²) >= 11 is 0. The molecule has 2 aliphatic rings. The van der Waals surface area contributed by atoms with Crippen LogP contribution in [0.4, 0.5) is 11.4 Å². The van der Waals surface area contributed by atoms with Gasteiger partial charge >= 0.3 is 5.97 Å². The number of likely N-dealkylation sites (tertiary alicyclic amines) is 1. The molecule has 0 bridgehead atoms. The van der Waals surface area contributed by atoms with Crippen LogP contribution in [0.15, 0.2) is 77.8 Å². The third kappa shape index (κ3) is 4.77. The van der Waals surface area contributed by atoms with E-state index in [0.29, 0.717) is 29.9 Å². The Morgan fingerprint density at radius 1 is 1.03 bits per heavy atom. The SMILES string of the molecule is CCOC(=O)c1ccc2c(c1)NC(=O)C2C(=Nc1ccc(CN2CCCC2=O)cc1)c1ccccc1. The van der Waals surface area contributed by atoms with Crippen molar-refractivity contribution in [2.75, 3.05) is 18.5 Å². The monoisotopic (exact) mass is 481 g/mol. The van der Waals surface area contributed by atoms with E-state index in [1.165, 1.54) is 0 Å². The fourth-order valence-corrected chi connectivity index (χ4v) is 4.69. The van der Waals surface area contributed by atoms with Crippen molar-refractivity contribution < 1.29 is 19.1 Å². The second-order valence-electron chi connectivity index (χ2n) is 8.89. The summed E-state index contributed by atoms with van der Waals surface area (Å²) in [6.07, 6.45) is 1.53. The molecule has 1 unspecified atom stereocenters. The summed E-state index contributed by atoms with van der Waals surface area (Å²) in [7, 11) is 0. The minimum Gasteiger partial charge on any atom is -0.462 e. The number of ether oxygens (including phenoxy) is 1. The molecule has 0 aliphatic carbocycles. The van der Waals surface area contributed by atoms with Gasteiger partial charge in [0.25, 0.3) is 0 Å². The fourth-order valence-electron chi connectivity index (χ4n) is 4.69. The largest absolute Gasteiger partial charge is 0.462 e. The van der Waals surface area contributed by atoms with E-state index in [1.54, 1.807) is 25.1 Å². The van der Waals surface area contributed by atoms with Crippen molar-refractivity contribution in [2.24, 2.45) is 4.99 Å². The van der Waals surface area contributed by atoms with E-state index < -0.39 is 11.9 Å². The Kier molecular flexibility index (Phi) is 6.62. The smallest absolute Gasteiger partial charge is 0.338 e. The number of carbonyl (C=O) groups excluding carboxylic acids is 3. The Hall–Kier alpha value is -4.26. The molecule has 3 aromatic rings. The summed E-state index contributed by atoms with van der Waals surface area (Å²) in [5.41, 5.74) is 4.96. The lowest BCUT2D eigenvalue weighted by Gasteiger charge is -2.16. The van der Waals surface area contributed by atoms with E-state index in [-0.39, 0.29) is 18.4 Å². The van der Waals surface area contributed by atoms with Crippen LogP contribution in [-0.2, 0) is 20.9 Å². The summed E-state index contributed by atoms with van der Waals surface area (Å²) < 4.78 is 5.10. The minimum atomic E-state index is -0.624. The molecule has 7 nitrogen and oxygen atoms in total. The lowest BCUT2D eigenvalue weighted by Crippen LogP contribution is -2.23. The molecule has 182 valence electrons. The third-order valence-electron chi connectivity index (χ3n) is 6.47. The quantitative estimate of drug-likeness (QED) is 0.386. The van der Waals surface area contributed by atoms with Gasteiger partial charge in [-0.05, 0) is 54.3 Å². The zero-order valence-electron chi connectivity index (χ0n) is 20.1. The zero-order chi connectivity index (χ0) is 25.1. The molecule has 2 heterocycles. The summed E-state index contributed by atoms with van der Waals surface area (Å²) in [5.74, 6) is -1.05. The van der Waals surface area contributed by atoms with Crippen molar-refractivity contribution in [3.05, 3.63) is 95.1 Å². The van der Waals surface area contributed by atoms with Gasteiger partial charge in [-0.25, -0.2) is 4.79 Å². The van der Waals surface area contributed by atoms with Crippen LogP contribution >= 0.6 is 0 Å². The number of rotatable bonds is 7. The van der Waals surface area contributed by atoms with Gasteiger partial charge in [-0.3, -0.25) is 14.6 Å². The number of hydrogen-bond acceptors (Lipinski definition) is 5. The molecule has 0 aromatic heterocycles. The van der Waals surface area contributed by atoms with Crippen molar-refractivity contribution in [2.45, 2.75) is 32.2 Å². The molecule has 1 N–H and O–H groups in total. The highest BCUT2D eigenvalue weighted by Crippen LogP contribution is 2.37. The lowest BCUT2D eigenvalue weighted by molar-refractivity contribution is -0.128. The first-order valence-electron chi connectivity index (χ1n) is 12.2. The number of amides is 2. The van der Waals surface area contributed by atoms with Gasteiger partial charge in [-0.15, -0.1) is 0 Å². The van der Waals surface area contributed by atoms with Gasteiger partial charge < -0.3 is 15.0 Å². The number of aliphatic imine (C=N–C) groups is 1. The van der Waals surface area contributed by atoms with Crippen LogP contribution in [0.25, 0.3) is 0 Å². The molecular weight excluding hydrogens is 454 g/mol.